The summed E-state index contributed by atoms with van der Waals surface area (Å²) < 4.78 is 5.50. The van der Waals surface area contributed by atoms with Gasteiger partial charge in [-0.1, -0.05) is 26.0 Å². The molecule has 0 unspecified atom stereocenters. The molecule has 0 atom stereocenters. The van der Waals surface area contributed by atoms with Crippen molar-refractivity contribution in [2.75, 3.05) is 0 Å². The summed E-state index contributed by atoms with van der Waals surface area (Å²) in [6, 6.07) is 6.17. The Morgan fingerprint density at radius 1 is 1.33 bits per heavy atom. The normalized spacial score (nSPS) is 11.5. The SMILES string of the molecule is Cc1nc2c(CCC(C)C)cccc2o1. The maximum absolute atomic E-state index is 5.50. The molecule has 0 spiro atoms. The maximum Gasteiger partial charge on any atom is 0.192 e. The summed E-state index contributed by atoms with van der Waals surface area (Å²) in [6.45, 7) is 6.38. The zero-order valence-corrected chi connectivity index (χ0v) is 9.58. The van der Waals surface area contributed by atoms with E-state index < -0.39 is 0 Å². The Morgan fingerprint density at radius 2 is 2.13 bits per heavy atom. The van der Waals surface area contributed by atoms with E-state index in [1.807, 2.05) is 19.1 Å². The molecule has 2 aromatic rings. The summed E-state index contributed by atoms with van der Waals surface area (Å²) in [6.07, 6.45) is 2.28. The van der Waals surface area contributed by atoms with E-state index in [1.165, 1.54) is 12.0 Å². The Morgan fingerprint density at radius 3 is 2.87 bits per heavy atom. The number of rotatable bonds is 3. The average molecular weight is 203 g/mol. The van der Waals surface area contributed by atoms with Gasteiger partial charge < -0.3 is 4.42 Å². The first-order valence-electron chi connectivity index (χ1n) is 5.52. The minimum Gasteiger partial charge on any atom is -0.441 e. The van der Waals surface area contributed by atoms with Crippen LogP contribution in [0.25, 0.3) is 11.1 Å². The van der Waals surface area contributed by atoms with E-state index in [-0.39, 0.29) is 0 Å². The number of nitrogens with zero attached hydrogens (tertiary/aromatic N) is 1. The van der Waals surface area contributed by atoms with Gasteiger partial charge in [0.1, 0.15) is 5.52 Å². The van der Waals surface area contributed by atoms with Gasteiger partial charge in [0.25, 0.3) is 0 Å². The predicted molar refractivity (Wildman–Crippen MR) is 61.9 cm³/mol. The smallest absolute Gasteiger partial charge is 0.192 e. The highest BCUT2D eigenvalue weighted by Gasteiger charge is 2.07. The molecule has 0 bridgehead atoms. The van der Waals surface area contributed by atoms with Gasteiger partial charge in [-0.15, -0.1) is 0 Å². The lowest BCUT2D eigenvalue weighted by molar-refractivity contribution is 0.561. The number of benzene rings is 1. The van der Waals surface area contributed by atoms with Crippen molar-refractivity contribution in [3.05, 3.63) is 29.7 Å². The van der Waals surface area contributed by atoms with Crippen LogP contribution in [0.15, 0.2) is 22.6 Å². The second kappa shape index (κ2) is 4.05. The zero-order valence-electron chi connectivity index (χ0n) is 9.58. The molecule has 15 heavy (non-hydrogen) atoms. The highest BCUT2D eigenvalue weighted by molar-refractivity contribution is 5.76. The summed E-state index contributed by atoms with van der Waals surface area (Å²) in [5, 5.41) is 0. The van der Waals surface area contributed by atoms with E-state index in [0.29, 0.717) is 0 Å². The molecule has 0 aliphatic carbocycles. The molecule has 0 saturated carbocycles. The number of aryl methyl sites for hydroxylation is 2. The van der Waals surface area contributed by atoms with Gasteiger partial charge in [0.05, 0.1) is 0 Å². The van der Waals surface area contributed by atoms with E-state index in [9.17, 15) is 0 Å². The molecular formula is C13H17NO. The molecule has 0 N–H and O–H groups in total. The lowest BCUT2D eigenvalue weighted by Crippen LogP contribution is -1.93. The molecule has 0 fully saturated rings. The van der Waals surface area contributed by atoms with Gasteiger partial charge in [0.2, 0.25) is 0 Å². The molecule has 0 aliphatic rings. The average Bonchev–Trinajstić information content (AvgIpc) is 2.55. The van der Waals surface area contributed by atoms with E-state index in [0.717, 1.165) is 29.3 Å². The van der Waals surface area contributed by atoms with Crippen LogP contribution in [0.3, 0.4) is 0 Å². The van der Waals surface area contributed by atoms with Gasteiger partial charge in [0, 0.05) is 6.92 Å². The number of para-hydroxylation sites is 1. The standard InChI is InChI=1S/C13H17NO/c1-9(2)7-8-11-5-4-6-12-13(11)14-10(3)15-12/h4-6,9H,7-8H2,1-3H3. The topological polar surface area (TPSA) is 26.0 Å². The highest BCUT2D eigenvalue weighted by Crippen LogP contribution is 2.21. The Hall–Kier alpha value is -1.31. The summed E-state index contributed by atoms with van der Waals surface area (Å²) >= 11 is 0. The first kappa shape index (κ1) is 10.2. The Labute approximate surface area is 90.3 Å². The lowest BCUT2D eigenvalue weighted by Gasteiger charge is -2.04. The van der Waals surface area contributed by atoms with E-state index in [2.05, 4.69) is 24.9 Å². The van der Waals surface area contributed by atoms with Crippen LogP contribution in [-0.2, 0) is 6.42 Å². The van der Waals surface area contributed by atoms with Gasteiger partial charge in [-0.05, 0) is 30.4 Å². The fourth-order valence-electron chi connectivity index (χ4n) is 1.76. The van der Waals surface area contributed by atoms with Crippen LogP contribution in [0.2, 0.25) is 0 Å². The van der Waals surface area contributed by atoms with Crippen LogP contribution in [0, 0.1) is 12.8 Å². The van der Waals surface area contributed by atoms with E-state index in [1.54, 1.807) is 0 Å². The van der Waals surface area contributed by atoms with Crippen molar-refractivity contribution < 1.29 is 4.42 Å². The van der Waals surface area contributed by atoms with Crippen LogP contribution < -0.4 is 0 Å². The fourth-order valence-corrected chi connectivity index (χ4v) is 1.76. The molecule has 2 rings (SSSR count). The highest BCUT2D eigenvalue weighted by atomic mass is 16.3. The molecular weight excluding hydrogens is 186 g/mol. The Balaban J connectivity index is 2.33. The maximum atomic E-state index is 5.50. The second-order valence-corrected chi connectivity index (χ2v) is 4.43. The first-order chi connectivity index (χ1) is 7.16. The van der Waals surface area contributed by atoms with Gasteiger partial charge >= 0.3 is 0 Å². The molecule has 0 saturated heterocycles. The third-order valence-electron chi connectivity index (χ3n) is 2.60. The van der Waals surface area contributed by atoms with Crippen LogP contribution in [0.1, 0.15) is 31.7 Å². The molecule has 0 amide bonds. The number of oxazole rings is 1. The molecule has 80 valence electrons. The second-order valence-electron chi connectivity index (χ2n) is 4.43. The van der Waals surface area contributed by atoms with Crippen molar-refractivity contribution in [2.45, 2.75) is 33.6 Å². The summed E-state index contributed by atoms with van der Waals surface area (Å²) in [5.74, 6) is 1.48. The summed E-state index contributed by atoms with van der Waals surface area (Å²) in [4.78, 5) is 4.42. The molecule has 2 heteroatoms. The van der Waals surface area contributed by atoms with Crippen LogP contribution in [-0.4, -0.2) is 4.98 Å². The van der Waals surface area contributed by atoms with Gasteiger partial charge in [-0.25, -0.2) is 4.98 Å². The van der Waals surface area contributed by atoms with Gasteiger partial charge in [0.15, 0.2) is 11.5 Å². The van der Waals surface area contributed by atoms with Gasteiger partial charge in [-0.3, -0.25) is 0 Å². The van der Waals surface area contributed by atoms with Crippen LogP contribution in [0.4, 0.5) is 0 Å². The molecule has 1 aromatic carbocycles. The molecule has 1 heterocycles. The van der Waals surface area contributed by atoms with Gasteiger partial charge in [-0.2, -0.15) is 0 Å². The molecule has 2 nitrogen and oxygen atoms in total. The number of hydrogen-bond acceptors (Lipinski definition) is 2. The minimum atomic E-state index is 0.730. The molecule has 0 radical (unpaired) electrons. The van der Waals surface area contributed by atoms with E-state index >= 15 is 0 Å². The first-order valence-corrected chi connectivity index (χ1v) is 5.52. The number of aromatic nitrogens is 1. The Kier molecular flexibility index (Phi) is 2.76. The third-order valence-corrected chi connectivity index (χ3v) is 2.60. The third kappa shape index (κ3) is 2.20. The van der Waals surface area contributed by atoms with Crippen LogP contribution >= 0.6 is 0 Å². The monoisotopic (exact) mass is 203 g/mol. The number of fused-ring (bicyclic) bond motifs is 1. The lowest BCUT2D eigenvalue weighted by atomic mass is 10.0. The summed E-state index contributed by atoms with van der Waals surface area (Å²) in [7, 11) is 0. The minimum absolute atomic E-state index is 0.730. The quantitative estimate of drug-likeness (QED) is 0.759. The van der Waals surface area contributed by atoms with Crippen molar-refractivity contribution in [1.29, 1.82) is 0 Å². The summed E-state index contributed by atoms with van der Waals surface area (Å²) in [5.41, 5.74) is 3.25. The predicted octanol–water partition coefficient (Wildman–Crippen LogP) is 3.72. The Bertz CT molecular complexity index is 457. The largest absolute Gasteiger partial charge is 0.441 e. The molecule has 0 aliphatic heterocycles. The fraction of sp³-hybridized carbons (Fsp3) is 0.462. The zero-order chi connectivity index (χ0) is 10.8. The van der Waals surface area contributed by atoms with Crippen molar-refractivity contribution in [2.24, 2.45) is 5.92 Å². The van der Waals surface area contributed by atoms with Crippen LogP contribution in [0.5, 0.6) is 0 Å². The van der Waals surface area contributed by atoms with Crippen molar-refractivity contribution in [3.63, 3.8) is 0 Å². The number of hydrogen-bond donors (Lipinski definition) is 0. The van der Waals surface area contributed by atoms with E-state index in [4.69, 9.17) is 4.42 Å². The van der Waals surface area contributed by atoms with Crippen molar-refractivity contribution in [3.8, 4) is 0 Å². The van der Waals surface area contributed by atoms with Crippen molar-refractivity contribution in [1.82, 2.24) is 4.98 Å². The van der Waals surface area contributed by atoms with Crippen molar-refractivity contribution >= 4 is 11.1 Å². The molecule has 1 aromatic heterocycles.